The van der Waals surface area contributed by atoms with Crippen LogP contribution in [0.25, 0.3) is 22.4 Å². The molecule has 4 rings (SSSR count). The average molecular weight is 288 g/mol. The highest BCUT2D eigenvalue weighted by Gasteiger charge is 2.15. The van der Waals surface area contributed by atoms with Gasteiger partial charge in [0, 0.05) is 17.7 Å². The standard InChI is InChI=1S/C15H10F2N2O2/c16-9-6-11-12(7-10(9)17)19-15(18-11)8-1-2-13-14(5-8)21-4-3-20-13/h1-2,5-7H,3-4H2,(H,18,19). The predicted molar refractivity (Wildman–Crippen MR) is 72.4 cm³/mol. The molecule has 1 aliphatic heterocycles. The fourth-order valence-electron chi connectivity index (χ4n) is 2.33. The van der Waals surface area contributed by atoms with Gasteiger partial charge in [-0.1, -0.05) is 0 Å². The molecule has 0 radical (unpaired) electrons. The number of rotatable bonds is 1. The third-order valence-corrected chi connectivity index (χ3v) is 3.34. The molecule has 0 amide bonds. The molecule has 21 heavy (non-hydrogen) atoms. The largest absolute Gasteiger partial charge is 0.486 e. The molecule has 0 spiro atoms. The van der Waals surface area contributed by atoms with Crippen molar-refractivity contribution >= 4 is 11.0 Å². The molecule has 0 atom stereocenters. The topological polar surface area (TPSA) is 47.1 Å². The predicted octanol–water partition coefficient (Wildman–Crippen LogP) is 3.28. The first-order valence-electron chi connectivity index (χ1n) is 6.45. The van der Waals surface area contributed by atoms with Crippen molar-refractivity contribution < 1.29 is 18.3 Å². The summed E-state index contributed by atoms with van der Waals surface area (Å²) in [4.78, 5) is 7.25. The molecule has 0 fully saturated rings. The van der Waals surface area contributed by atoms with Gasteiger partial charge in [-0.05, 0) is 18.2 Å². The van der Waals surface area contributed by atoms with E-state index >= 15 is 0 Å². The van der Waals surface area contributed by atoms with Gasteiger partial charge in [-0.2, -0.15) is 0 Å². The van der Waals surface area contributed by atoms with Crippen molar-refractivity contribution in [3.63, 3.8) is 0 Å². The van der Waals surface area contributed by atoms with Crippen molar-refractivity contribution in [2.24, 2.45) is 0 Å². The zero-order valence-electron chi connectivity index (χ0n) is 10.8. The molecule has 106 valence electrons. The van der Waals surface area contributed by atoms with Crippen molar-refractivity contribution in [2.45, 2.75) is 0 Å². The van der Waals surface area contributed by atoms with E-state index < -0.39 is 11.6 Å². The van der Waals surface area contributed by atoms with Gasteiger partial charge in [0.05, 0.1) is 11.0 Å². The van der Waals surface area contributed by atoms with Crippen molar-refractivity contribution in [3.8, 4) is 22.9 Å². The summed E-state index contributed by atoms with van der Waals surface area (Å²) in [6.07, 6.45) is 0. The molecule has 2 heterocycles. The number of aromatic amines is 1. The SMILES string of the molecule is Fc1cc2nc(-c3ccc4c(c3)OCCO4)[nH]c2cc1F. The first-order valence-corrected chi connectivity index (χ1v) is 6.45. The summed E-state index contributed by atoms with van der Waals surface area (Å²) in [5.74, 6) is 0.0179. The van der Waals surface area contributed by atoms with Gasteiger partial charge >= 0.3 is 0 Å². The van der Waals surface area contributed by atoms with Crippen LogP contribution in [-0.2, 0) is 0 Å². The molecule has 3 aromatic rings. The smallest absolute Gasteiger partial charge is 0.162 e. The monoisotopic (exact) mass is 288 g/mol. The van der Waals surface area contributed by atoms with Crippen LogP contribution in [0.2, 0.25) is 0 Å². The van der Waals surface area contributed by atoms with Crippen molar-refractivity contribution in [1.29, 1.82) is 0 Å². The minimum atomic E-state index is -0.914. The minimum Gasteiger partial charge on any atom is -0.486 e. The Labute approximate surface area is 118 Å². The average Bonchev–Trinajstić information content (AvgIpc) is 2.90. The molecule has 0 saturated heterocycles. The van der Waals surface area contributed by atoms with Crippen LogP contribution in [0.5, 0.6) is 11.5 Å². The van der Waals surface area contributed by atoms with Crippen LogP contribution >= 0.6 is 0 Å². The molecule has 0 bridgehead atoms. The number of benzene rings is 2. The molecule has 0 unspecified atom stereocenters. The number of nitrogens with zero attached hydrogens (tertiary/aromatic N) is 1. The van der Waals surface area contributed by atoms with Crippen LogP contribution in [-0.4, -0.2) is 23.2 Å². The number of H-pyrrole nitrogens is 1. The highest BCUT2D eigenvalue weighted by atomic mass is 19.2. The van der Waals surface area contributed by atoms with Crippen LogP contribution in [0.3, 0.4) is 0 Å². The van der Waals surface area contributed by atoms with Crippen LogP contribution in [0.4, 0.5) is 8.78 Å². The maximum atomic E-state index is 13.2. The Bertz CT molecular complexity index is 806. The Kier molecular flexibility index (Phi) is 2.57. The third-order valence-electron chi connectivity index (χ3n) is 3.34. The number of fused-ring (bicyclic) bond motifs is 2. The molecule has 0 saturated carbocycles. The molecule has 1 aliphatic rings. The van der Waals surface area contributed by atoms with E-state index in [9.17, 15) is 8.78 Å². The zero-order chi connectivity index (χ0) is 14.4. The fourth-order valence-corrected chi connectivity index (χ4v) is 2.33. The van der Waals surface area contributed by atoms with Gasteiger partial charge in [0.1, 0.15) is 19.0 Å². The molecule has 1 N–H and O–H groups in total. The van der Waals surface area contributed by atoms with E-state index in [0.717, 1.165) is 17.7 Å². The number of imidazole rings is 1. The molecule has 0 aliphatic carbocycles. The lowest BCUT2D eigenvalue weighted by Gasteiger charge is -2.18. The molecule has 2 aromatic carbocycles. The highest BCUT2D eigenvalue weighted by molar-refractivity contribution is 5.80. The zero-order valence-corrected chi connectivity index (χ0v) is 10.8. The van der Waals surface area contributed by atoms with Gasteiger partial charge in [0.25, 0.3) is 0 Å². The first-order chi connectivity index (χ1) is 10.2. The Morgan fingerprint density at radius 2 is 1.71 bits per heavy atom. The molecule has 4 nitrogen and oxygen atoms in total. The van der Waals surface area contributed by atoms with E-state index in [2.05, 4.69) is 9.97 Å². The van der Waals surface area contributed by atoms with Crippen LogP contribution in [0, 0.1) is 11.6 Å². The fraction of sp³-hybridized carbons (Fsp3) is 0.133. The lowest BCUT2D eigenvalue weighted by molar-refractivity contribution is 0.171. The molecule has 1 aromatic heterocycles. The summed E-state index contributed by atoms with van der Waals surface area (Å²) < 4.78 is 37.4. The quantitative estimate of drug-likeness (QED) is 0.747. The maximum absolute atomic E-state index is 13.2. The molecule has 6 heteroatoms. The van der Waals surface area contributed by atoms with E-state index in [1.807, 2.05) is 6.07 Å². The molecular formula is C15H10F2N2O2. The summed E-state index contributed by atoms with van der Waals surface area (Å²) in [7, 11) is 0. The van der Waals surface area contributed by atoms with Crippen LogP contribution in [0.15, 0.2) is 30.3 Å². The van der Waals surface area contributed by atoms with Gasteiger partial charge in [-0.3, -0.25) is 0 Å². The summed E-state index contributed by atoms with van der Waals surface area (Å²) in [6.45, 7) is 1.02. The molecular weight excluding hydrogens is 278 g/mol. The summed E-state index contributed by atoms with van der Waals surface area (Å²) in [6, 6.07) is 7.57. The van der Waals surface area contributed by atoms with Crippen LogP contribution in [0.1, 0.15) is 0 Å². The van der Waals surface area contributed by atoms with E-state index in [1.54, 1.807) is 12.1 Å². The normalized spacial score (nSPS) is 13.6. The summed E-state index contributed by atoms with van der Waals surface area (Å²) >= 11 is 0. The van der Waals surface area contributed by atoms with Gasteiger partial charge < -0.3 is 14.5 Å². The lowest BCUT2D eigenvalue weighted by atomic mass is 10.2. The number of halogens is 2. The van der Waals surface area contributed by atoms with E-state index in [4.69, 9.17) is 9.47 Å². The van der Waals surface area contributed by atoms with Crippen molar-refractivity contribution in [2.75, 3.05) is 13.2 Å². The Morgan fingerprint density at radius 1 is 0.952 bits per heavy atom. The van der Waals surface area contributed by atoms with E-state index in [0.29, 0.717) is 41.6 Å². The van der Waals surface area contributed by atoms with Crippen molar-refractivity contribution in [3.05, 3.63) is 42.0 Å². The Hall–Kier alpha value is -2.63. The Morgan fingerprint density at radius 3 is 2.57 bits per heavy atom. The van der Waals surface area contributed by atoms with Crippen molar-refractivity contribution in [1.82, 2.24) is 9.97 Å². The van der Waals surface area contributed by atoms with Gasteiger partial charge in [0.15, 0.2) is 23.1 Å². The maximum Gasteiger partial charge on any atom is 0.162 e. The first kappa shape index (κ1) is 12.1. The second-order valence-corrected chi connectivity index (χ2v) is 4.73. The second kappa shape index (κ2) is 4.44. The van der Waals surface area contributed by atoms with E-state index in [1.165, 1.54) is 0 Å². The number of hydrogen-bond acceptors (Lipinski definition) is 3. The van der Waals surface area contributed by atoms with Gasteiger partial charge in [0.2, 0.25) is 0 Å². The van der Waals surface area contributed by atoms with Gasteiger partial charge in [-0.15, -0.1) is 0 Å². The number of aromatic nitrogens is 2. The Balaban J connectivity index is 1.82. The highest BCUT2D eigenvalue weighted by Crippen LogP contribution is 2.34. The minimum absolute atomic E-state index is 0.374. The number of nitrogens with one attached hydrogen (secondary N) is 1. The third kappa shape index (κ3) is 1.99. The van der Waals surface area contributed by atoms with E-state index in [-0.39, 0.29) is 0 Å². The second-order valence-electron chi connectivity index (χ2n) is 4.73. The van der Waals surface area contributed by atoms with Crippen LogP contribution < -0.4 is 9.47 Å². The summed E-state index contributed by atoms with van der Waals surface area (Å²) in [5, 5.41) is 0. The number of hydrogen-bond donors (Lipinski definition) is 1. The lowest BCUT2D eigenvalue weighted by Crippen LogP contribution is -2.15. The summed E-state index contributed by atoms with van der Waals surface area (Å²) in [5.41, 5.74) is 1.58. The number of ether oxygens (including phenoxy) is 2. The van der Waals surface area contributed by atoms with Gasteiger partial charge in [-0.25, -0.2) is 13.8 Å².